The first-order valence-electron chi connectivity index (χ1n) is 5.16. The van der Waals surface area contributed by atoms with Crippen molar-refractivity contribution in [3.63, 3.8) is 0 Å². The Balaban J connectivity index is 2.92. The lowest BCUT2D eigenvalue weighted by molar-refractivity contribution is -0.137. The van der Waals surface area contributed by atoms with Crippen molar-refractivity contribution in [1.29, 1.82) is 0 Å². The largest absolute Gasteiger partial charge is 0.416 e. The van der Waals surface area contributed by atoms with Gasteiger partial charge >= 0.3 is 6.18 Å². The second-order valence-corrected chi connectivity index (χ2v) is 3.79. The number of halogens is 3. The normalized spacial score (nSPS) is 14.4. The highest BCUT2D eigenvalue weighted by Gasteiger charge is 2.30. The van der Waals surface area contributed by atoms with E-state index in [0.29, 0.717) is 5.56 Å². The maximum atomic E-state index is 12.4. The Bertz CT molecular complexity index is 425. The van der Waals surface area contributed by atoms with E-state index in [4.69, 9.17) is 17.3 Å². The van der Waals surface area contributed by atoms with E-state index in [-0.39, 0.29) is 11.9 Å². The van der Waals surface area contributed by atoms with Crippen molar-refractivity contribution in [2.45, 2.75) is 19.1 Å². The van der Waals surface area contributed by atoms with E-state index in [2.05, 4.69) is 0 Å². The maximum absolute atomic E-state index is 12.4. The van der Waals surface area contributed by atoms with Gasteiger partial charge < -0.3 is 11.5 Å². The van der Waals surface area contributed by atoms with E-state index in [1.54, 1.807) is 6.92 Å². The van der Waals surface area contributed by atoms with Gasteiger partial charge in [0.05, 0.1) is 11.6 Å². The van der Waals surface area contributed by atoms with Crippen LogP contribution in [0.15, 0.2) is 36.3 Å². The van der Waals surface area contributed by atoms with Crippen molar-refractivity contribution in [3.8, 4) is 0 Å². The fourth-order valence-corrected chi connectivity index (χ4v) is 1.42. The van der Waals surface area contributed by atoms with E-state index >= 15 is 0 Å². The lowest BCUT2D eigenvalue weighted by atomic mass is 10.1. The van der Waals surface area contributed by atoms with Crippen LogP contribution < -0.4 is 17.3 Å². The van der Waals surface area contributed by atoms with Crippen LogP contribution in [0.25, 0.3) is 0 Å². The average Bonchev–Trinajstić information content (AvgIpc) is 2.35. The molecule has 4 nitrogen and oxygen atoms in total. The second-order valence-electron chi connectivity index (χ2n) is 3.79. The van der Waals surface area contributed by atoms with Crippen LogP contribution in [0.3, 0.4) is 0 Å². The minimum Gasteiger partial charge on any atom is -0.402 e. The first-order valence-corrected chi connectivity index (χ1v) is 5.16. The van der Waals surface area contributed by atoms with E-state index in [0.717, 1.165) is 18.3 Å². The number of nitrogens with zero attached hydrogens (tertiary/aromatic N) is 1. The van der Waals surface area contributed by atoms with Gasteiger partial charge in [0.1, 0.15) is 5.82 Å². The molecule has 0 amide bonds. The summed E-state index contributed by atoms with van der Waals surface area (Å²) in [5.41, 5.74) is 10.6. The Morgan fingerprint density at radius 1 is 1.28 bits per heavy atom. The number of hydrogen-bond donors (Lipinski definition) is 3. The SMILES string of the molecule is CC(c1ccc(C(F)(F)F)cc1)N(N)/C(N)=C\N. The highest BCUT2D eigenvalue weighted by molar-refractivity contribution is 5.27. The molecule has 1 atom stereocenters. The van der Waals surface area contributed by atoms with Crippen LogP contribution in [0, 0.1) is 0 Å². The van der Waals surface area contributed by atoms with Crippen LogP contribution in [-0.4, -0.2) is 5.01 Å². The molecule has 0 bridgehead atoms. The Kier molecular flexibility index (Phi) is 4.07. The molecule has 0 aromatic heterocycles. The van der Waals surface area contributed by atoms with Gasteiger partial charge in [0, 0.05) is 6.20 Å². The quantitative estimate of drug-likeness (QED) is 0.570. The monoisotopic (exact) mass is 260 g/mol. The predicted octanol–water partition coefficient (Wildman–Crippen LogP) is 1.66. The third-order valence-corrected chi connectivity index (χ3v) is 2.61. The number of rotatable bonds is 3. The molecule has 1 unspecified atom stereocenters. The molecular formula is C11H15F3N4. The van der Waals surface area contributed by atoms with Gasteiger partial charge in [0.15, 0.2) is 0 Å². The Morgan fingerprint density at radius 3 is 2.17 bits per heavy atom. The Morgan fingerprint density at radius 2 is 1.78 bits per heavy atom. The molecule has 6 N–H and O–H groups in total. The van der Waals surface area contributed by atoms with Crippen molar-refractivity contribution in [3.05, 3.63) is 47.4 Å². The first-order chi connectivity index (χ1) is 8.27. The molecule has 0 radical (unpaired) electrons. The van der Waals surface area contributed by atoms with Gasteiger partial charge in [-0.3, -0.25) is 5.01 Å². The fourth-order valence-electron chi connectivity index (χ4n) is 1.42. The molecule has 0 fully saturated rings. The smallest absolute Gasteiger partial charge is 0.402 e. The molecule has 7 heteroatoms. The minimum atomic E-state index is -4.35. The van der Waals surface area contributed by atoms with Crippen molar-refractivity contribution < 1.29 is 13.2 Å². The molecule has 0 saturated carbocycles. The number of hydrazine groups is 1. The highest BCUT2D eigenvalue weighted by Crippen LogP contribution is 2.30. The van der Waals surface area contributed by atoms with Crippen LogP contribution in [-0.2, 0) is 6.18 Å². The number of benzene rings is 1. The maximum Gasteiger partial charge on any atom is 0.416 e. The van der Waals surface area contributed by atoms with Gasteiger partial charge in [-0.25, -0.2) is 5.84 Å². The molecule has 1 aromatic carbocycles. The summed E-state index contributed by atoms with van der Waals surface area (Å²) in [5, 5.41) is 1.18. The van der Waals surface area contributed by atoms with Crippen molar-refractivity contribution in [2.75, 3.05) is 0 Å². The first kappa shape index (κ1) is 14.2. The summed E-state index contributed by atoms with van der Waals surface area (Å²) in [6, 6.07) is 4.34. The van der Waals surface area contributed by atoms with Crippen LogP contribution in [0.5, 0.6) is 0 Å². The molecule has 0 saturated heterocycles. The lowest BCUT2D eigenvalue weighted by Crippen LogP contribution is -2.37. The summed E-state index contributed by atoms with van der Waals surface area (Å²) in [4.78, 5) is 0. The molecule has 0 aliphatic heterocycles. The molecular weight excluding hydrogens is 245 g/mol. The van der Waals surface area contributed by atoms with Gasteiger partial charge in [-0.2, -0.15) is 13.2 Å². The van der Waals surface area contributed by atoms with Gasteiger partial charge in [-0.1, -0.05) is 12.1 Å². The molecule has 1 rings (SSSR count). The van der Waals surface area contributed by atoms with Crippen LogP contribution in [0.1, 0.15) is 24.1 Å². The summed E-state index contributed by atoms with van der Waals surface area (Å²) in [6.07, 6.45) is -3.22. The topological polar surface area (TPSA) is 81.3 Å². The Labute approximate surface area is 103 Å². The van der Waals surface area contributed by atoms with E-state index < -0.39 is 11.7 Å². The third-order valence-electron chi connectivity index (χ3n) is 2.61. The molecule has 1 aromatic rings. The zero-order chi connectivity index (χ0) is 13.9. The summed E-state index contributed by atoms with van der Waals surface area (Å²) >= 11 is 0. The minimum absolute atomic E-state index is 0.141. The highest BCUT2D eigenvalue weighted by atomic mass is 19.4. The zero-order valence-electron chi connectivity index (χ0n) is 9.78. The number of hydrogen-bond acceptors (Lipinski definition) is 4. The van der Waals surface area contributed by atoms with Crippen molar-refractivity contribution >= 4 is 0 Å². The van der Waals surface area contributed by atoms with Crippen LogP contribution >= 0.6 is 0 Å². The average molecular weight is 260 g/mol. The molecule has 0 spiro atoms. The lowest BCUT2D eigenvalue weighted by Gasteiger charge is -2.26. The van der Waals surface area contributed by atoms with Crippen molar-refractivity contribution in [2.24, 2.45) is 17.3 Å². The van der Waals surface area contributed by atoms with Crippen LogP contribution in [0.2, 0.25) is 0 Å². The number of alkyl halides is 3. The predicted molar refractivity (Wildman–Crippen MR) is 62.3 cm³/mol. The van der Waals surface area contributed by atoms with Gasteiger partial charge in [-0.05, 0) is 24.6 Å². The van der Waals surface area contributed by atoms with Gasteiger partial charge in [0.25, 0.3) is 0 Å². The molecule has 0 aliphatic rings. The number of nitrogens with two attached hydrogens (primary N) is 3. The molecule has 0 aliphatic carbocycles. The van der Waals surface area contributed by atoms with Gasteiger partial charge in [0.2, 0.25) is 0 Å². The Hall–Kier alpha value is -1.89. The van der Waals surface area contributed by atoms with Gasteiger partial charge in [-0.15, -0.1) is 0 Å². The molecule has 100 valence electrons. The summed E-state index contributed by atoms with van der Waals surface area (Å²) in [7, 11) is 0. The third kappa shape index (κ3) is 3.07. The fraction of sp³-hybridized carbons (Fsp3) is 0.273. The zero-order valence-corrected chi connectivity index (χ0v) is 9.78. The van der Waals surface area contributed by atoms with Crippen molar-refractivity contribution in [1.82, 2.24) is 5.01 Å². The summed E-state index contributed by atoms with van der Waals surface area (Å²) < 4.78 is 37.1. The van der Waals surface area contributed by atoms with E-state index in [1.165, 1.54) is 17.1 Å². The van der Waals surface area contributed by atoms with Crippen LogP contribution in [0.4, 0.5) is 13.2 Å². The molecule has 18 heavy (non-hydrogen) atoms. The molecule has 0 heterocycles. The van der Waals surface area contributed by atoms with E-state index in [1.807, 2.05) is 0 Å². The van der Waals surface area contributed by atoms with E-state index in [9.17, 15) is 13.2 Å². The standard InChI is InChI=1S/C11H15F3N4/c1-7(18(17)10(16)6-15)8-2-4-9(5-3-8)11(12,13)14/h2-7H,15-17H2,1H3/b10-6-. The second kappa shape index (κ2) is 5.18. The summed E-state index contributed by atoms with van der Waals surface area (Å²) in [5.74, 6) is 5.81. The summed E-state index contributed by atoms with van der Waals surface area (Å²) in [6.45, 7) is 1.71.